The molecule has 0 N–H and O–H groups in total. The zero-order chi connectivity index (χ0) is 20.6. The van der Waals surface area contributed by atoms with E-state index in [1.807, 2.05) is 21.8 Å². The van der Waals surface area contributed by atoms with Crippen molar-refractivity contribution >= 4 is 0 Å². The van der Waals surface area contributed by atoms with Gasteiger partial charge in [0.25, 0.3) is 0 Å². The van der Waals surface area contributed by atoms with Gasteiger partial charge in [0.1, 0.15) is 0 Å². The van der Waals surface area contributed by atoms with E-state index < -0.39 is 0 Å². The van der Waals surface area contributed by atoms with Gasteiger partial charge in [-0.25, -0.2) is 9.36 Å². The van der Waals surface area contributed by atoms with Crippen LogP contribution in [0.5, 0.6) is 0 Å². The lowest BCUT2D eigenvalue weighted by molar-refractivity contribution is 0.316. The predicted octanol–water partition coefficient (Wildman–Crippen LogP) is 4.66. The molecule has 6 nitrogen and oxygen atoms in total. The standard InChI is InChI=1S/2C10H19N3/c2*1-9(2,3)8-7-11-12-13(8)10(4,5)6/h2*7H,1-6H3. The molecule has 26 heavy (non-hydrogen) atoms. The molecule has 0 atom stereocenters. The third kappa shape index (κ3) is 5.64. The third-order valence-corrected chi connectivity index (χ3v) is 3.91. The monoisotopic (exact) mass is 362 g/mol. The van der Waals surface area contributed by atoms with E-state index in [0.29, 0.717) is 0 Å². The predicted molar refractivity (Wildman–Crippen MR) is 107 cm³/mol. The number of aromatic nitrogens is 6. The lowest BCUT2D eigenvalue weighted by atomic mass is 9.91. The summed E-state index contributed by atoms with van der Waals surface area (Å²) in [6.07, 6.45) is 3.70. The summed E-state index contributed by atoms with van der Waals surface area (Å²) in [5.74, 6) is 0. The Bertz CT molecular complexity index is 577. The maximum atomic E-state index is 4.12. The molecule has 2 aromatic heterocycles. The Morgan fingerprint density at radius 2 is 0.808 bits per heavy atom. The Morgan fingerprint density at radius 3 is 0.962 bits per heavy atom. The molecular formula is C20H38N6. The molecule has 2 aromatic rings. The Labute approximate surface area is 159 Å². The minimum atomic E-state index is 0.0130. The maximum absolute atomic E-state index is 4.12. The largest absolute Gasteiger partial charge is 0.244 e. The average molecular weight is 363 g/mol. The fourth-order valence-electron chi connectivity index (χ4n) is 2.48. The first-order valence-corrected chi connectivity index (χ1v) is 9.29. The van der Waals surface area contributed by atoms with Gasteiger partial charge in [0.05, 0.1) is 34.9 Å². The molecule has 0 aromatic carbocycles. The molecule has 2 rings (SSSR count). The summed E-state index contributed by atoms with van der Waals surface area (Å²) < 4.78 is 3.99. The Hall–Kier alpha value is -1.72. The number of hydrogen-bond acceptors (Lipinski definition) is 4. The molecule has 148 valence electrons. The van der Waals surface area contributed by atoms with Crippen molar-refractivity contribution in [3.8, 4) is 0 Å². The van der Waals surface area contributed by atoms with Crippen LogP contribution in [0.2, 0.25) is 0 Å². The van der Waals surface area contributed by atoms with Crippen molar-refractivity contribution in [1.82, 2.24) is 30.0 Å². The van der Waals surface area contributed by atoms with Crippen molar-refractivity contribution in [3.05, 3.63) is 23.8 Å². The van der Waals surface area contributed by atoms with E-state index in [4.69, 9.17) is 0 Å². The maximum Gasteiger partial charge on any atom is 0.0730 e. The van der Waals surface area contributed by atoms with E-state index in [9.17, 15) is 0 Å². The van der Waals surface area contributed by atoms with Crippen molar-refractivity contribution in [2.45, 2.75) is 105 Å². The van der Waals surface area contributed by atoms with Gasteiger partial charge in [-0.3, -0.25) is 0 Å². The molecule has 0 spiro atoms. The average Bonchev–Trinajstić information content (AvgIpc) is 3.06. The summed E-state index contributed by atoms with van der Waals surface area (Å²) in [7, 11) is 0. The minimum absolute atomic E-state index is 0.0130. The molecule has 6 heteroatoms. The van der Waals surface area contributed by atoms with E-state index in [1.165, 1.54) is 11.4 Å². The summed E-state index contributed by atoms with van der Waals surface area (Å²) in [4.78, 5) is 0. The van der Waals surface area contributed by atoms with Gasteiger partial charge in [-0.2, -0.15) is 0 Å². The molecule has 2 heterocycles. The zero-order valence-electron chi connectivity index (χ0n) is 18.8. The highest BCUT2D eigenvalue weighted by atomic mass is 15.5. The quantitative estimate of drug-likeness (QED) is 0.684. The fourth-order valence-corrected chi connectivity index (χ4v) is 2.48. The van der Waals surface area contributed by atoms with Gasteiger partial charge in [-0.05, 0) is 41.5 Å². The van der Waals surface area contributed by atoms with Crippen LogP contribution >= 0.6 is 0 Å². The molecule has 0 aliphatic carbocycles. The Kier molecular flexibility index (Phi) is 6.11. The summed E-state index contributed by atoms with van der Waals surface area (Å²) in [6, 6.07) is 0. The topological polar surface area (TPSA) is 61.4 Å². The third-order valence-electron chi connectivity index (χ3n) is 3.91. The van der Waals surface area contributed by atoms with Crippen LogP contribution in [0, 0.1) is 0 Å². The smallest absolute Gasteiger partial charge is 0.0730 e. The van der Waals surface area contributed by atoms with Gasteiger partial charge in [0, 0.05) is 10.8 Å². The van der Waals surface area contributed by atoms with Crippen molar-refractivity contribution in [2.24, 2.45) is 0 Å². The number of rotatable bonds is 0. The first-order valence-electron chi connectivity index (χ1n) is 9.29. The van der Waals surface area contributed by atoms with Crippen molar-refractivity contribution in [3.63, 3.8) is 0 Å². The molecule has 0 aliphatic heterocycles. The van der Waals surface area contributed by atoms with E-state index in [-0.39, 0.29) is 21.9 Å². The first kappa shape index (κ1) is 22.3. The highest BCUT2D eigenvalue weighted by molar-refractivity contribution is 5.10. The van der Waals surface area contributed by atoms with Crippen LogP contribution in [0.4, 0.5) is 0 Å². The van der Waals surface area contributed by atoms with Crippen LogP contribution < -0.4 is 0 Å². The van der Waals surface area contributed by atoms with Crippen LogP contribution in [0.15, 0.2) is 12.4 Å². The number of nitrogens with zero attached hydrogens (tertiary/aromatic N) is 6. The normalized spacial score (nSPS) is 13.4. The van der Waals surface area contributed by atoms with E-state index in [2.05, 4.69) is 104 Å². The molecule has 0 saturated heterocycles. The molecule has 0 saturated carbocycles. The Balaban J connectivity index is 0.000000260. The summed E-state index contributed by atoms with van der Waals surface area (Å²) >= 11 is 0. The van der Waals surface area contributed by atoms with Crippen LogP contribution in [0.25, 0.3) is 0 Å². The summed E-state index contributed by atoms with van der Waals surface area (Å²) in [6.45, 7) is 25.9. The van der Waals surface area contributed by atoms with Crippen LogP contribution in [-0.2, 0) is 21.9 Å². The molecule has 0 aliphatic rings. The van der Waals surface area contributed by atoms with Gasteiger partial charge in [-0.1, -0.05) is 52.0 Å². The van der Waals surface area contributed by atoms with Crippen molar-refractivity contribution in [1.29, 1.82) is 0 Å². The second-order valence-electron chi connectivity index (χ2n) is 10.9. The number of hydrogen-bond donors (Lipinski definition) is 0. The molecule has 0 fully saturated rings. The minimum Gasteiger partial charge on any atom is -0.244 e. The SMILES string of the molecule is CC(C)(C)c1cnnn1C(C)(C)C.CC(C)(C)c1cnnn1C(C)(C)C. The molecular weight excluding hydrogens is 324 g/mol. The molecule has 0 bridgehead atoms. The van der Waals surface area contributed by atoms with Gasteiger partial charge in [0.2, 0.25) is 0 Å². The second-order valence-corrected chi connectivity index (χ2v) is 10.9. The highest BCUT2D eigenvalue weighted by Crippen LogP contribution is 2.26. The lowest BCUT2D eigenvalue weighted by Crippen LogP contribution is -2.30. The Morgan fingerprint density at radius 1 is 0.538 bits per heavy atom. The first-order chi connectivity index (χ1) is 11.5. The van der Waals surface area contributed by atoms with Crippen LogP contribution in [0.3, 0.4) is 0 Å². The molecule has 0 amide bonds. The van der Waals surface area contributed by atoms with E-state index in [0.717, 1.165) is 0 Å². The van der Waals surface area contributed by atoms with Crippen LogP contribution in [-0.4, -0.2) is 30.0 Å². The van der Waals surface area contributed by atoms with Gasteiger partial charge in [-0.15, -0.1) is 10.2 Å². The molecule has 0 unspecified atom stereocenters. The summed E-state index contributed by atoms with van der Waals surface area (Å²) in [5.41, 5.74) is 2.60. The van der Waals surface area contributed by atoms with E-state index >= 15 is 0 Å². The van der Waals surface area contributed by atoms with Crippen molar-refractivity contribution < 1.29 is 0 Å². The van der Waals surface area contributed by atoms with Gasteiger partial charge >= 0.3 is 0 Å². The van der Waals surface area contributed by atoms with Crippen LogP contribution in [0.1, 0.15) is 94.5 Å². The van der Waals surface area contributed by atoms with Crippen molar-refractivity contribution in [2.75, 3.05) is 0 Å². The van der Waals surface area contributed by atoms with Gasteiger partial charge in [0.15, 0.2) is 0 Å². The van der Waals surface area contributed by atoms with E-state index in [1.54, 1.807) is 0 Å². The highest BCUT2D eigenvalue weighted by Gasteiger charge is 2.26. The second kappa shape index (κ2) is 7.12. The summed E-state index contributed by atoms with van der Waals surface area (Å²) in [5, 5.41) is 16.2. The lowest BCUT2D eigenvalue weighted by Gasteiger charge is -2.27. The molecule has 0 radical (unpaired) electrons. The van der Waals surface area contributed by atoms with Gasteiger partial charge < -0.3 is 0 Å². The fraction of sp³-hybridized carbons (Fsp3) is 0.800. The zero-order valence-corrected chi connectivity index (χ0v) is 18.8.